The Hall–Kier alpha value is -3.22. The number of halogens is 1. The van der Waals surface area contributed by atoms with Crippen LogP contribution in [0.2, 0.25) is 0 Å². The zero-order chi connectivity index (χ0) is 25.1. The normalized spacial score (nSPS) is 11.5. The number of nitrogens with zero attached hydrogens (tertiary/aromatic N) is 2. The van der Waals surface area contributed by atoms with Gasteiger partial charge < -0.3 is 9.47 Å². The molecule has 0 spiro atoms. The summed E-state index contributed by atoms with van der Waals surface area (Å²) in [6.07, 6.45) is 0. The van der Waals surface area contributed by atoms with Gasteiger partial charge in [0.2, 0.25) is 5.11 Å². The van der Waals surface area contributed by atoms with Gasteiger partial charge in [-0.15, -0.1) is 0 Å². The van der Waals surface area contributed by atoms with E-state index in [2.05, 4.69) is 7.05 Å². The van der Waals surface area contributed by atoms with Crippen molar-refractivity contribution in [2.45, 2.75) is 9.79 Å². The molecule has 1 radical (unpaired) electrons. The summed E-state index contributed by atoms with van der Waals surface area (Å²) in [6, 6.07) is 15.2. The zero-order valence-electron chi connectivity index (χ0n) is 18.1. The van der Waals surface area contributed by atoms with Crippen LogP contribution >= 0.6 is 12.2 Å². The molecule has 0 aliphatic rings. The van der Waals surface area contributed by atoms with Gasteiger partial charge in [0.25, 0.3) is 20.0 Å². The molecule has 3 aromatic rings. The van der Waals surface area contributed by atoms with Gasteiger partial charge in [0.1, 0.15) is 17.3 Å². The third-order valence-electron chi connectivity index (χ3n) is 4.69. The van der Waals surface area contributed by atoms with Crippen LogP contribution in [0.15, 0.2) is 82.6 Å². The van der Waals surface area contributed by atoms with Crippen molar-refractivity contribution in [1.82, 2.24) is 4.31 Å². The summed E-state index contributed by atoms with van der Waals surface area (Å²) in [5.41, 5.74) is -0.0826. The minimum atomic E-state index is -4.44. The molecule has 179 valence electrons. The van der Waals surface area contributed by atoms with Gasteiger partial charge in [0, 0.05) is 0 Å². The summed E-state index contributed by atoms with van der Waals surface area (Å²) in [4.78, 5) is -0.387. The number of anilines is 1. The lowest BCUT2D eigenvalue weighted by Crippen LogP contribution is -2.46. The lowest BCUT2D eigenvalue weighted by molar-refractivity contribution is 0.414. The van der Waals surface area contributed by atoms with E-state index in [-0.39, 0.29) is 15.5 Å². The Kier molecular flexibility index (Phi) is 7.44. The number of ether oxygens (including phenoxy) is 2. The van der Waals surface area contributed by atoms with E-state index >= 15 is 0 Å². The predicted molar refractivity (Wildman–Crippen MR) is 129 cm³/mol. The molecule has 0 aromatic heterocycles. The van der Waals surface area contributed by atoms with Crippen LogP contribution in [-0.2, 0) is 20.0 Å². The van der Waals surface area contributed by atoms with E-state index in [0.29, 0.717) is 20.1 Å². The minimum Gasteiger partial charge on any atom is -0.497 e. The van der Waals surface area contributed by atoms with Gasteiger partial charge in [0.05, 0.1) is 36.7 Å². The minimum absolute atomic E-state index is 0.0826. The number of methoxy groups -OCH3 is 2. The van der Waals surface area contributed by atoms with E-state index in [4.69, 9.17) is 21.7 Å². The molecule has 0 amide bonds. The molecular formula is C22H20FN2O6S3. The van der Waals surface area contributed by atoms with Crippen molar-refractivity contribution in [2.24, 2.45) is 0 Å². The second-order valence-electron chi connectivity index (χ2n) is 6.73. The van der Waals surface area contributed by atoms with E-state index in [1.807, 2.05) is 0 Å². The van der Waals surface area contributed by atoms with Crippen molar-refractivity contribution in [3.63, 3.8) is 0 Å². The van der Waals surface area contributed by atoms with Gasteiger partial charge in [-0.1, -0.05) is 0 Å². The second-order valence-corrected chi connectivity index (χ2v) is 10.7. The summed E-state index contributed by atoms with van der Waals surface area (Å²) in [6.45, 7) is 0. The Morgan fingerprint density at radius 1 is 0.765 bits per heavy atom. The van der Waals surface area contributed by atoms with Gasteiger partial charge >= 0.3 is 0 Å². The third-order valence-corrected chi connectivity index (χ3v) is 8.68. The summed E-state index contributed by atoms with van der Waals surface area (Å²) < 4.78 is 78.0. The highest BCUT2D eigenvalue weighted by Gasteiger charge is 2.35. The number of hydrogen-bond acceptors (Lipinski definition) is 7. The topological polar surface area (TPSA) is 93.2 Å². The number of hydrogen-bond donors (Lipinski definition) is 0. The highest BCUT2D eigenvalue weighted by Crippen LogP contribution is 2.29. The summed E-state index contributed by atoms with van der Waals surface area (Å²) in [7, 11) is -2.44. The molecule has 0 atom stereocenters. The maximum absolute atomic E-state index is 13.5. The predicted octanol–water partition coefficient (Wildman–Crippen LogP) is 3.81. The van der Waals surface area contributed by atoms with Crippen molar-refractivity contribution < 1.29 is 30.7 Å². The van der Waals surface area contributed by atoms with Gasteiger partial charge in [-0.25, -0.2) is 29.8 Å². The smallest absolute Gasteiger partial charge is 0.270 e. The molecular weight excluding hydrogens is 503 g/mol. The lowest BCUT2D eigenvalue weighted by Gasteiger charge is -2.30. The maximum atomic E-state index is 13.5. The lowest BCUT2D eigenvalue weighted by atomic mass is 10.3. The molecule has 12 heteroatoms. The van der Waals surface area contributed by atoms with Crippen molar-refractivity contribution in [3.8, 4) is 11.5 Å². The maximum Gasteiger partial charge on any atom is 0.270 e. The van der Waals surface area contributed by atoms with Crippen molar-refractivity contribution in [3.05, 3.63) is 85.7 Å². The summed E-state index contributed by atoms with van der Waals surface area (Å²) in [5, 5.41) is -0.668. The first-order valence-electron chi connectivity index (χ1n) is 9.51. The molecule has 8 nitrogen and oxygen atoms in total. The van der Waals surface area contributed by atoms with E-state index in [0.717, 1.165) is 24.3 Å². The molecule has 0 fully saturated rings. The van der Waals surface area contributed by atoms with Gasteiger partial charge in [0.15, 0.2) is 0 Å². The van der Waals surface area contributed by atoms with Crippen LogP contribution in [-0.4, -0.2) is 40.5 Å². The zero-order valence-corrected chi connectivity index (χ0v) is 20.5. The van der Waals surface area contributed by atoms with Gasteiger partial charge in [-0.2, -0.15) is 0 Å². The number of sulfonamides is 2. The van der Waals surface area contributed by atoms with E-state index in [1.165, 1.54) is 62.8 Å². The Morgan fingerprint density at radius 3 is 1.59 bits per heavy atom. The van der Waals surface area contributed by atoms with Crippen molar-refractivity contribution in [1.29, 1.82) is 0 Å². The standard InChI is InChI=1S/C22H20FN2O6S3/c1-24(33(26,27)20-12-8-18(30-2)9-13-20)22(32)25(17-6-4-16(23)5-7-17)34(28,29)21-14-10-19(31-3)11-15-21/h4-15H,1H2,2-3H3. The monoisotopic (exact) mass is 523 g/mol. The largest absolute Gasteiger partial charge is 0.497 e. The fourth-order valence-corrected chi connectivity index (χ4v) is 6.02. The fraction of sp³-hybridized carbons (Fsp3) is 0.0909. The Labute approximate surface area is 203 Å². The average molecular weight is 524 g/mol. The van der Waals surface area contributed by atoms with Crippen LogP contribution in [0.3, 0.4) is 0 Å². The molecule has 0 unspecified atom stereocenters. The Balaban J connectivity index is 2.09. The van der Waals surface area contributed by atoms with Crippen LogP contribution in [0.1, 0.15) is 0 Å². The number of thiocarbonyl (C=S) groups is 1. The van der Waals surface area contributed by atoms with E-state index < -0.39 is 31.0 Å². The summed E-state index contributed by atoms with van der Waals surface area (Å²) in [5.74, 6) is 0.219. The third kappa shape index (κ3) is 4.98. The molecule has 0 aliphatic carbocycles. The van der Waals surface area contributed by atoms with Crippen molar-refractivity contribution >= 4 is 43.1 Å². The molecule has 0 saturated heterocycles. The van der Waals surface area contributed by atoms with Crippen LogP contribution in [0.4, 0.5) is 10.1 Å². The van der Waals surface area contributed by atoms with Crippen LogP contribution in [0.5, 0.6) is 11.5 Å². The molecule has 0 N–H and O–H groups in total. The van der Waals surface area contributed by atoms with Crippen LogP contribution in [0, 0.1) is 12.9 Å². The molecule has 0 aliphatic heterocycles. The second kappa shape index (κ2) is 9.95. The van der Waals surface area contributed by atoms with Crippen LogP contribution < -0.4 is 13.8 Å². The molecule has 3 aromatic carbocycles. The highest BCUT2D eigenvalue weighted by molar-refractivity contribution is 7.96. The molecule has 0 heterocycles. The highest BCUT2D eigenvalue weighted by atomic mass is 32.2. The van der Waals surface area contributed by atoms with Gasteiger partial charge in [-0.3, -0.25) is 0 Å². The molecule has 0 bridgehead atoms. The first kappa shape index (κ1) is 25.4. The number of rotatable bonds is 7. The SMILES string of the molecule is [CH2]N(C(=S)N(c1ccc(F)cc1)S(=O)(=O)c1ccc(OC)cc1)S(=O)(=O)c1ccc(OC)cc1. The van der Waals surface area contributed by atoms with Gasteiger partial charge in [-0.05, 0) is 85.0 Å². The molecule has 3 rings (SSSR count). The Morgan fingerprint density at radius 2 is 1.18 bits per heavy atom. The van der Waals surface area contributed by atoms with E-state index in [9.17, 15) is 21.2 Å². The molecule has 34 heavy (non-hydrogen) atoms. The first-order chi connectivity index (χ1) is 16.0. The quantitative estimate of drug-likeness (QED) is 0.435. The Bertz CT molecular complexity index is 1380. The first-order valence-corrected chi connectivity index (χ1v) is 12.8. The summed E-state index contributed by atoms with van der Waals surface area (Å²) >= 11 is 5.29. The number of benzene rings is 3. The van der Waals surface area contributed by atoms with Crippen LogP contribution in [0.25, 0.3) is 0 Å². The average Bonchev–Trinajstić information content (AvgIpc) is 2.84. The van der Waals surface area contributed by atoms with E-state index in [1.54, 1.807) is 0 Å². The molecule has 0 saturated carbocycles. The van der Waals surface area contributed by atoms with Crippen molar-refractivity contribution in [2.75, 3.05) is 18.5 Å². The fourth-order valence-electron chi connectivity index (χ4n) is 2.86.